The molecule has 2 rings (SSSR count). The molecule has 0 N–H and O–H groups in total. The summed E-state index contributed by atoms with van der Waals surface area (Å²) in [6.07, 6.45) is 1.05. The van der Waals surface area contributed by atoms with Gasteiger partial charge in [0.2, 0.25) is 0 Å². The molecule has 1 nitrogen and oxygen atoms in total. The van der Waals surface area contributed by atoms with Gasteiger partial charge in [-0.05, 0) is 31.0 Å². The van der Waals surface area contributed by atoms with Gasteiger partial charge in [0.1, 0.15) is 0 Å². The largest absolute Gasteiger partial charge is 0.378 e. The third-order valence-corrected chi connectivity index (χ3v) is 3.51. The zero-order valence-corrected chi connectivity index (χ0v) is 9.68. The SMILES string of the molecule is CC1CC(C(Cl)c2ccc(F)c(F)c2)CO1. The second-order valence-corrected chi connectivity index (χ2v) is 4.69. The van der Waals surface area contributed by atoms with Crippen molar-refractivity contribution in [3.05, 3.63) is 35.4 Å². The highest BCUT2D eigenvalue weighted by Crippen LogP contribution is 2.36. The highest BCUT2D eigenvalue weighted by atomic mass is 35.5. The molecule has 1 heterocycles. The van der Waals surface area contributed by atoms with Crippen molar-refractivity contribution in [1.82, 2.24) is 0 Å². The molecule has 4 heteroatoms. The lowest BCUT2D eigenvalue weighted by atomic mass is 9.96. The molecule has 16 heavy (non-hydrogen) atoms. The van der Waals surface area contributed by atoms with Crippen LogP contribution >= 0.6 is 11.6 Å². The molecule has 1 aliphatic rings. The molecule has 0 bridgehead atoms. The van der Waals surface area contributed by atoms with E-state index in [2.05, 4.69) is 0 Å². The van der Waals surface area contributed by atoms with Gasteiger partial charge >= 0.3 is 0 Å². The van der Waals surface area contributed by atoms with Crippen molar-refractivity contribution in [2.24, 2.45) is 5.92 Å². The molecule has 1 saturated heterocycles. The summed E-state index contributed by atoms with van der Waals surface area (Å²) < 4.78 is 31.2. The van der Waals surface area contributed by atoms with Crippen LogP contribution in [0, 0.1) is 17.6 Å². The zero-order chi connectivity index (χ0) is 11.7. The van der Waals surface area contributed by atoms with E-state index < -0.39 is 11.6 Å². The molecule has 1 aromatic carbocycles. The van der Waals surface area contributed by atoms with Gasteiger partial charge in [-0.1, -0.05) is 6.07 Å². The average Bonchev–Trinajstić information content (AvgIpc) is 2.68. The fourth-order valence-electron chi connectivity index (χ4n) is 2.01. The van der Waals surface area contributed by atoms with Gasteiger partial charge in [-0.15, -0.1) is 11.6 Å². The quantitative estimate of drug-likeness (QED) is 0.724. The highest BCUT2D eigenvalue weighted by molar-refractivity contribution is 6.21. The fourth-order valence-corrected chi connectivity index (χ4v) is 2.32. The normalized spacial score (nSPS) is 27.0. The van der Waals surface area contributed by atoms with E-state index in [1.54, 1.807) is 0 Å². The van der Waals surface area contributed by atoms with E-state index >= 15 is 0 Å². The molecular formula is C12H13ClF2O. The summed E-state index contributed by atoms with van der Waals surface area (Å²) in [5.41, 5.74) is 0.614. The molecule has 1 fully saturated rings. The standard InChI is InChI=1S/C12H13ClF2O/c1-7-4-9(6-16-7)12(13)8-2-3-10(14)11(15)5-8/h2-3,5,7,9,12H,4,6H2,1H3. The molecule has 1 aliphatic heterocycles. The molecule has 0 aromatic heterocycles. The van der Waals surface area contributed by atoms with Gasteiger partial charge in [-0.25, -0.2) is 8.78 Å². The van der Waals surface area contributed by atoms with Crippen molar-refractivity contribution in [1.29, 1.82) is 0 Å². The topological polar surface area (TPSA) is 9.23 Å². The summed E-state index contributed by atoms with van der Waals surface area (Å²) in [7, 11) is 0. The first-order valence-electron chi connectivity index (χ1n) is 5.28. The maximum Gasteiger partial charge on any atom is 0.159 e. The van der Waals surface area contributed by atoms with Crippen LogP contribution in [0.5, 0.6) is 0 Å². The van der Waals surface area contributed by atoms with E-state index in [-0.39, 0.29) is 17.4 Å². The Bertz CT molecular complexity index is 383. The summed E-state index contributed by atoms with van der Waals surface area (Å²) in [5, 5.41) is -0.319. The first-order valence-corrected chi connectivity index (χ1v) is 5.72. The van der Waals surface area contributed by atoms with Crippen LogP contribution in [0.4, 0.5) is 8.78 Å². The Kier molecular flexibility index (Phi) is 3.45. The Hall–Kier alpha value is -0.670. The molecular weight excluding hydrogens is 234 g/mol. The van der Waals surface area contributed by atoms with Crippen LogP contribution in [0.2, 0.25) is 0 Å². The third-order valence-electron chi connectivity index (χ3n) is 2.91. The maximum atomic E-state index is 13.0. The fraction of sp³-hybridized carbons (Fsp3) is 0.500. The molecule has 3 unspecified atom stereocenters. The van der Waals surface area contributed by atoms with Gasteiger partial charge in [-0.3, -0.25) is 0 Å². The second-order valence-electron chi connectivity index (χ2n) is 4.22. The lowest BCUT2D eigenvalue weighted by Gasteiger charge is -2.15. The average molecular weight is 247 g/mol. The number of rotatable bonds is 2. The van der Waals surface area contributed by atoms with E-state index in [9.17, 15) is 8.78 Å². The van der Waals surface area contributed by atoms with Gasteiger partial charge in [0.15, 0.2) is 11.6 Å². The van der Waals surface area contributed by atoms with Crippen molar-refractivity contribution in [3.8, 4) is 0 Å². The number of ether oxygens (including phenoxy) is 1. The van der Waals surface area contributed by atoms with E-state index in [4.69, 9.17) is 16.3 Å². The van der Waals surface area contributed by atoms with Gasteiger partial charge in [0, 0.05) is 5.92 Å². The van der Waals surface area contributed by atoms with Crippen molar-refractivity contribution in [3.63, 3.8) is 0 Å². The molecule has 0 radical (unpaired) electrons. The van der Waals surface area contributed by atoms with Crippen molar-refractivity contribution in [2.75, 3.05) is 6.61 Å². The van der Waals surface area contributed by atoms with Crippen LogP contribution in [0.15, 0.2) is 18.2 Å². The summed E-state index contributed by atoms with van der Waals surface area (Å²) in [6.45, 7) is 2.56. The van der Waals surface area contributed by atoms with Crippen LogP contribution in [0.1, 0.15) is 24.3 Å². The molecule has 0 saturated carbocycles. The molecule has 0 spiro atoms. The Balaban J connectivity index is 2.14. The lowest BCUT2D eigenvalue weighted by Crippen LogP contribution is -2.08. The van der Waals surface area contributed by atoms with Gasteiger partial charge in [0.05, 0.1) is 18.1 Å². The minimum Gasteiger partial charge on any atom is -0.378 e. The Morgan fingerprint density at radius 2 is 2.12 bits per heavy atom. The summed E-state index contributed by atoms with van der Waals surface area (Å²) in [4.78, 5) is 0. The molecule has 0 amide bonds. The van der Waals surface area contributed by atoms with Crippen LogP contribution < -0.4 is 0 Å². The predicted octanol–water partition coefficient (Wildman–Crippen LogP) is 3.67. The van der Waals surface area contributed by atoms with E-state index in [1.165, 1.54) is 6.07 Å². The molecule has 3 atom stereocenters. The van der Waals surface area contributed by atoms with E-state index in [0.29, 0.717) is 12.2 Å². The third kappa shape index (κ3) is 2.36. The van der Waals surface area contributed by atoms with Gasteiger partial charge < -0.3 is 4.74 Å². The smallest absolute Gasteiger partial charge is 0.159 e. The van der Waals surface area contributed by atoms with Crippen molar-refractivity contribution in [2.45, 2.75) is 24.8 Å². The van der Waals surface area contributed by atoms with Gasteiger partial charge in [0.25, 0.3) is 0 Å². The predicted molar refractivity (Wildman–Crippen MR) is 58.5 cm³/mol. The highest BCUT2D eigenvalue weighted by Gasteiger charge is 2.29. The number of hydrogen-bond acceptors (Lipinski definition) is 1. The van der Waals surface area contributed by atoms with Crippen LogP contribution in [0.3, 0.4) is 0 Å². The van der Waals surface area contributed by atoms with Crippen molar-refractivity contribution >= 4 is 11.6 Å². The first-order chi connectivity index (χ1) is 7.58. The number of halogens is 3. The van der Waals surface area contributed by atoms with E-state index in [1.807, 2.05) is 6.92 Å². The second kappa shape index (κ2) is 4.68. The van der Waals surface area contributed by atoms with Gasteiger partial charge in [-0.2, -0.15) is 0 Å². The summed E-state index contributed by atoms with van der Waals surface area (Å²) in [6, 6.07) is 3.80. The lowest BCUT2D eigenvalue weighted by molar-refractivity contribution is 0.120. The van der Waals surface area contributed by atoms with Crippen LogP contribution in [-0.2, 0) is 4.74 Å². The minimum atomic E-state index is -0.852. The first kappa shape index (κ1) is 11.8. The molecule has 1 aromatic rings. The van der Waals surface area contributed by atoms with Crippen molar-refractivity contribution < 1.29 is 13.5 Å². The number of alkyl halides is 1. The maximum absolute atomic E-state index is 13.0. The number of hydrogen-bond donors (Lipinski definition) is 0. The molecule has 0 aliphatic carbocycles. The van der Waals surface area contributed by atoms with E-state index in [0.717, 1.165) is 18.6 Å². The molecule has 88 valence electrons. The zero-order valence-electron chi connectivity index (χ0n) is 8.92. The van der Waals surface area contributed by atoms with Crippen LogP contribution in [-0.4, -0.2) is 12.7 Å². The number of benzene rings is 1. The summed E-state index contributed by atoms with van der Waals surface area (Å²) in [5.74, 6) is -1.53. The Morgan fingerprint density at radius 3 is 2.69 bits per heavy atom. The minimum absolute atomic E-state index is 0.168. The Labute approximate surface area is 98.4 Å². The monoisotopic (exact) mass is 246 g/mol. The summed E-state index contributed by atoms with van der Waals surface area (Å²) >= 11 is 6.23. The van der Waals surface area contributed by atoms with Crippen LogP contribution in [0.25, 0.3) is 0 Å². The Morgan fingerprint density at radius 1 is 1.38 bits per heavy atom.